The fourth-order valence-electron chi connectivity index (χ4n) is 2.93. The van der Waals surface area contributed by atoms with Crippen molar-refractivity contribution in [3.05, 3.63) is 0 Å². The van der Waals surface area contributed by atoms with Crippen molar-refractivity contribution >= 4 is 23.5 Å². The Bertz CT molecular complexity index is 288. The van der Waals surface area contributed by atoms with Crippen LogP contribution in [0.2, 0.25) is 0 Å². The molecule has 2 unspecified atom stereocenters. The molecule has 148 valence electrons. The minimum atomic E-state index is -0.201. The van der Waals surface area contributed by atoms with Crippen LogP contribution in [0.25, 0.3) is 0 Å². The van der Waals surface area contributed by atoms with Gasteiger partial charge in [0.1, 0.15) is 0 Å². The van der Waals surface area contributed by atoms with Gasteiger partial charge in [0.2, 0.25) is 0 Å². The summed E-state index contributed by atoms with van der Waals surface area (Å²) in [6.07, 6.45) is 9.69. The number of rotatable bonds is 13. The standard InChI is InChI=1S/C19H36O4S2/c1-2-13-24-14-7-15-25-16-10-19(22-17-8-3-5-11-20-17)23-18-9-4-6-12-21-18/h17-19H,2-16H2,1H3. The Hall–Kier alpha value is 0.540. The van der Waals surface area contributed by atoms with Gasteiger partial charge in [-0.25, -0.2) is 0 Å². The Morgan fingerprint density at radius 3 is 1.96 bits per heavy atom. The molecular formula is C19H36O4S2. The molecule has 2 aliphatic rings. The summed E-state index contributed by atoms with van der Waals surface area (Å²) in [5.41, 5.74) is 0. The van der Waals surface area contributed by atoms with Crippen molar-refractivity contribution < 1.29 is 18.9 Å². The van der Waals surface area contributed by atoms with Crippen LogP contribution in [0.5, 0.6) is 0 Å². The highest BCUT2D eigenvalue weighted by Gasteiger charge is 2.24. The fraction of sp³-hybridized carbons (Fsp3) is 1.00. The van der Waals surface area contributed by atoms with Gasteiger partial charge < -0.3 is 18.9 Å². The molecule has 0 aromatic heterocycles. The van der Waals surface area contributed by atoms with E-state index >= 15 is 0 Å². The monoisotopic (exact) mass is 392 g/mol. The molecule has 25 heavy (non-hydrogen) atoms. The van der Waals surface area contributed by atoms with E-state index in [1.165, 1.54) is 42.9 Å². The van der Waals surface area contributed by atoms with E-state index in [0.717, 1.165) is 51.1 Å². The lowest BCUT2D eigenvalue weighted by atomic mass is 10.2. The molecule has 2 saturated heterocycles. The summed E-state index contributed by atoms with van der Waals surface area (Å²) in [4.78, 5) is 0. The van der Waals surface area contributed by atoms with E-state index in [0.29, 0.717) is 0 Å². The summed E-state index contributed by atoms with van der Waals surface area (Å²) in [5.74, 6) is 4.87. The molecule has 6 heteroatoms. The largest absolute Gasteiger partial charge is 0.353 e. The summed E-state index contributed by atoms with van der Waals surface area (Å²) in [7, 11) is 0. The maximum Gasteiger partial charge on any atom is 0.164 e. The SMILES string of the molecule is CCCSCCCSCCC(OC1CCCCO1)OC1CCCCO1. The third-order valence-corrected chi connectivity index (χ3v) is 6.68. The van der Waals surface area contributed by atoms with Gasteiger partial charge in [-0.05, 0) is 74.4 Å². The topological polar surface area (TPSA) is 36.9 Å². The molecular weight excluding hydrogens is 356 g/mol. The summed E-state index contributed by atoms with van der Waals surface area (Å²) in [6, 6.07) is 0. The third-order valence-electron chi connectivity index (χ3n) is 4.31. The van der Waals surface area contributed by atoms with E-state index < -0.39 is 0 Å². The molecule has 0 aromatic rings. The van der Waals surface area contributed by atoms with E-state index in [9.17, 15) is 0 Å². The second-order valence-corrected chi connectivity index (χ2v) is 9.11. The highest BCUT2D eigenvalue weighted by Crippen LogP contribution is 2.22. The normalized spacial score (nSPS) is 25.8. The van der Waals surface area contributed by atoms with Gasteiger partial charge in [0.25, 0.3) is 0 Å². The van der Waals surface area contributed by atoms with Crippen molar-refractivity contribution in [2.75, 3.05) is 36.2 Å². The number of ether oxygens (including phenoxy) is 4. The highest BCUT2D eigenvalue weighted by atomic mass is 32.2. The molecule has 0 N–H and O–H groups in total. The Labute approximate surface area is 162 Å². The molecule has 2 rings (SSSR count). The van der Waals surface area contributed by atoms with Crippen LogP contribution in [0.4, 0.5) is 0 Å². The molecule has 4 nitrogen and oxygen atoms in total. The van der Waals surface area contributed by atoms with Crippen LogP contribution in [-0.4, -0.2) is 55.1 Å². The predicted molar refractivity (Wildman–Crippen MR) is 107 cm³/mol. The van der Waals surface area contributed by atoms with Gasteiger partial charge >= 0.3 is 0 Å². The van der Waals surface area contributed by atoms with Crippen LogP contribution in [0, 0.1) is 0 Å². The summed E-state index contributed by atoms with van der Waals surface area (Å²) < 4.78 is 23.7. The van der Waals surface area contributed by atoms with Crippen LogP contribution in [0.1, 0.15) is 64.7 Å². The van der Waals surface area contributed by atoms with Gasteiger partial charge in [0, 0.05) is 19.6 Å². The van der Waals surface area contributed by atoms with E-state index in [2.05, 4.69) is 18.7 Å². The zero-order chi connectivity index (χ0) is 17.6. The lowest BCUT2D eigenvalue weighted by Crippen LogP contribution is -2.34. The molecule has 0 spiro atoms. The predicted octanol–water partition coefficient (Wildman–Crippen LogP) is 5.06. The molecule has 0 saturated carbocycles. The second kappa shape index (κ2) is 14.6. The molecule has 0 amide bonds. The summed E-state index contributed by atoms with van der Waals surface area (Å²) in [5, 5.41) is 0. The minimum absolute atomic E-state index is 0.0993. The summed E-state index contributed by atoms with van der Waals surface area (Å²) >= 11 is 4.08. The smallest absolute Gasteiger partial charge is 0.164 e. The van der Waals surface area contributed by atoms with Gasteiger partial charge in [0.15, 0.2) is 18.9 Å². The van der Waals surface area contributed by atoms with Gasteiger partial charge in [-0.3, -0.25) is 0 Å². The molecule has 2 atom stereocenters. The van der Waals surface area contributed by atoms with Crippen LogP contribution in [-0.2, 0) is 18.9 Å². The first-order chi connectivity index (χ1) is 12.4. The summed E-state index contributed by atoms with van der Waals surface area (Å²) in [6.45, 7) is 3.86. The third kappa shape index (κ3) is 10.5. The first-order valence-electron chi connectivity index (χ1n) is 10.1. The lowest BCUT2D eigenvalue weighted by Gasteiger charge is -2.31. The van der Waals surface area contributed by atoms with Crippen molar-refractivity contribution in [2.45, 2.75) is 83.6 Å². The highest BCUT2D eigenvalue weighted by molar-refractivity contribution is 8.00. The van der Waals surface area contributed by atoms with Crippen molar-refractivity contribution in [1.29, 1.82) is 0 Å². The van der Waals surface area contributed by atoms with Gasteiger partial charge in [-0.2, -0.15) is 23.5 Å². The fourth-order valence-corrected chi connectivity index (χ4v) is 4.87. The average molecular weight is 393 g/mol. The van der Waals surface area contributed by atoms with Gasteiger partial charge in [-0.15, -0.1) is 0 Å². The quantitative estimate of drug-likeness (QED) is 0.322. The molecule has 0 bridgehead atoms. The van der Waals surface area contributed by atoms with E-state index in [1.54, 1.807) is 0 Å². The number of hydrogen-bond acceptors (Lipinski definition) is 6. The van der Waals surface area contributed by atoms with E-state index in [4.69, 9.17) is 18.9 Å². The van der Waals surface area contributed by atoms with Crippen LogP contribution in [0.3, 0.4) is 0 Å². The lowest BCUT2D eigenvalue weighted by molar-refractivity contribution is -0.304. The number of thioether (sulfide) groups is 2. The van der Waals surface area contributed by atoms with E-state index in [1.807, 2.05) is 11.8 Å². The Morgan fingerprint density at radius 1 is 0.840 bits per heavy atom. The molecule has 0 aromatic carbocycles. The Kier molecular flexibility index (Phi) is 12.7. The van der Waals surface area contributed by atoms with Gasteiger partial charge in [0.05, 0.1) is 0 Å². The number of hydrogen-bond donors (Lipinski definition) is 0. The maximum absolute atomic E-state index is 6.11. The minimum Gasteiger partial charge on any atom is -0.353 e. The molecule has 2 fully saturated rings. The van der Waals surface area contributed by atoms with Gasteiger partial charge in [-0.1, -0.05) is 6.92 Å². The zero-order valence-corrected chi connectivity index (χ0v) is 17.4. The van der Waals surface area contributed by atoms with Crippen molar-refractivity contribution in [3.63, 3.8) is 0 Å². The maximum atomic E-state index is 6.11. The van der Waals surface area contributed by atoms with Crippen LogP contribution >= 0.6 is 23.5 Å². The second-order valence-electron chi connectivity index (χ2n) is 6.66. The molecule has 2 aliphatic heterocycles. The van der Waals surface area contributed by atoms with Crippen LogP contribution < -0.4 is 0 Å². The van der Waals surface area contributed by atoms with Crippen molar-refractivity contribution in [3.8, 4) is 0 Å². The first kappa shape index (κ1) is 21.8. The Balaban J connectivity index is 1.62. The first-order valence-corrected chi connectivity index (χ1v) is 12.4. The molecule has 0 radical (unpaired) electrons. The zero-order valence-electron chi connectivity index (χ0n) is 15.8. The Morgan fingerprint density at radius 2 is 1.44 bits per heavy atom. The molecule has 0 aliphatic carbocycles. The average Bonchev–Trinajstić information content (AvgIpc) is 2.65. The van der Waals surface area contributed by atoms with Crippen molar-refractivity contribution in [2.24, 2.45) is 0 Å². The molecule has 2 heterocycles. The van der Waals surface area contributed by atoms with Crippen LogP contribution in [0.15, 0.2) is 0 Å². The van der Waals surface area contributed by atoms with Crippen molar-refractivity contribution in [1.82, 2.24) is 0 Å². The van der Waals surface area contributed by atoms with E-state index in [-0.39, 0.29) is 18.9 Å².